The van der Waals surface area contributed by atoms with Crippen molar-refractivity contribution >= 4 is 11.4 Å². The Bertz CT molecular complexity index is 820. The van der Waals surface area contributed by atoms with Crippen LogP contribution in [0.25, 0.3) is 0 Å². The van der Waals surface area contributed by atoms with Gasteiger partial charge in [0.05, 0.1) is 18.6 Å². The fourth-order valence-corrected chi connectivity index (χ4v) is 2.30. The van der Waals surface area contributed by atoms with E-state index in [0.717, 1.165) is 18.7 Å². The fourth-order valence-electron chi connectivity index (χ4n) is 2.30. The Balaban J connectivity index is 1.52. The minimum Gasteiger partial charge on any atom is -0.380 e. The molecule has 0 amide bonds. The third kappa shape index (κ3) is 3.45. The zero-order valence-corrected chi connectivity index (χ0v) is 12.5. The Morgan fingerprint density at radius 3 is 2.57 bits per heavy atom. The van der Waals surface area contributed by atoms with Crippen molar-refractivity contribution < 1.29 is 0 Å². The maximum Gasteiger partial charge on any atom is 0.253 e. The molecule has 1 aromatic carbocycles. The van der Waals surface area contributed by atoms with Gasteiger partial charge in [-0.15, -0.1) is 0 Å². The molecule has 0 spiro atoms. The van der Waals surface area contributed by atoms with Gasteiger partial charge in [-0.1, -0.05) is 6.07 Å². The highest BCUT2D eigenvalue weighted by molar-refractivity contribution is 5.73. The molecule has 0 aliphatic carbocycles. The largest absolute Gasteiger partial charge is 0.380 e. The molecular weight excluding hydrogens is 294 g/mol. The number of imidazole rings is 1. The van der Waals surface area contributed by atoms with Crippen molar-refractivity contribution in [2.24, 2.45) is 0 Å². The zero-order chi connectivity index (χ0) is 16.1. The van der Waals surface area contributed by atoms with E-state index in [4.69, 9.17) is 0 Å². The molecular formula is C16H17N5O2. The van der Waals surface area contributed by atoms with Crippen LogP contribution in [0.4, 0.5) is 11.4 Å². The Morgan fingerprint density at radius 1 is 1.04 bits per heavy atom. The third-order valence-electron chi connectivity index (χ3n) is 3.54. The molecule has 3 rings (SSSR count). The third-order valence-corrected chi connectivity index (χ3v) is 3.54. The molecule has 2 aromatic heterocycles. The van der Waals surface area contributed by atoms with Crippen LogP contribution in [0.3, 0.4) is 0 Å². The fraction of sp³-hybridized carbons (Fsp3) is 0.250. The Kier molecular flexibility index (Phi) is 4.46. The van der Waals surface area contributed by atoms with E-state index in [1.165, 1.54) is 0 Å². The van der Waals surface area contributed by atoms with Gasteiger partial charge in [-0.05, 0) is 18.6 Å². The van der Waals surface area contributed by atoms with E-state index < -0.39 is 10.9 Å². The number of aryl methyl sites for hydroxylation is 1. The molecule has 0 fully saturated rings. The zero-order valence-electron chi connectivity index (χ0n) is 12.5. The lowest BCUT2D eigenvalue weighted by atomic mass is 10.2. The number of pyridine rings is 1. The molecule has 118 valence electrons. The van der Waals surface area contributed by atoms with Crippen LogP contribution in [0.15, 0.2) is 52.7 Å². The summed E-state index contributed by atoms with van der Waals surface area (Å²) in [6.07, 6.45) is 7.88. The highest BCUT2D eigenvalue weighted by Gasteiger charge is 2.20. The van der Waals surface area contributed by atoms with Crippen LogP contribution in [0.2, 0.25) is 0 Å². The van der Waals surface area contributed by atoms with Crippen LogP contribution in [0.1, 0.15) is 12.1 Å². The first kappa shape index (κ1) is 15.0. The van der Waals surface area contributed by atoms with Crippen LogP contribution in [0.5, 0.6) is 0 Å². The smallest absolute Gasteiger partial charge is 0.253 e. The minimum absolute atomic E-state index is 0.350. The average Bonchev–Trinajstić information content (AvgIpc) is 3.10. The van der Waals surface area contributed by atoms with Gasteiger partial charge in [-0.25, -0.2) is 4.98 Å². The van der Waals surface area contributed by atoms with Gasteiger partial charge in [0, 0.05) is 31.7 Å². The SMILES string of the molecule is O=c1c(NCCCn2ccnc2)c(NCc2ccccn2)c1=O. The highest BCUT2D eigenvalue weighted by atomic mass is 16.2. The van der Waals surface area contributed by atoms with Crippen LogP contribution < -0.4 is 21.5 Å². The van der Waals surface area contributed by atoms with Crippen LogP contribution in [-0.2, 0) is 13.1 Å². The van der Waals surface area contributed by atoms with Gasteiger partial charge in [-0.3, -0.25) is 14.6 Å². The van der Waals surface area contributed by atoms with E-state index in [1.807, 2.05) is 29.0 Å². The van der Waals surface area contributed by atoms with Crippen molar-refractivity contribution in [3.05, 3.63) is 69.3 Å². The van der Waals surface area contributed by atoms with Gasteiger partial charge in [0.25, 0.3) is 10.9 Å². The van der Waals surface area contributed by atoms with Crippen LogP contribution in [-0.4, -0.2) is 21.1 Å². The normalized spacial score (nSPS) is 10.8. The number of anilines is 2. The summed E-state index contributed by atoms with van der Waals surface area (Å²) in [5, 5.41) is 6.03. The van der Waals surface area contributed by atoms with E-state index in [9.17, 15) is 9.59 Å². The van der Waals surface area contributed by atoms with Gasteiger partial charge >= 0.3 is 0 Å². The summed E-state index contributed by atoms with van der Waals surface area (Å²) >= 11 is 0. The number of nitrogens with zero attached hydrogens (tertiary/aromatic N) is 3. The second-order valence-corrected chi connectivity index (χ2v) is 5.16. The van der Waals surface area contributed by atoms with Crippen LogP contribution in [0, 0.1) is 0 Å². The summed E-state index contributed by atoms with van der Waals surface area (Å²) in [6, 6.07) is 5.56. The molecule has 3 aromatic rings. The van der Waals surface area contributed by atoms with E-state index in [1.54, 1.807) is 18.7 Å². The monoisotopic (exact) mass is 311 g/mol. The minimum atomic E-state index is -0.474. The number of hydrogen-bond donors (Lipinski definition) is 2. The number of aromatic nitrogens is 3. The summed E-state index contributed by atoms with van der Waals surface area (Å²) in [6.45, 7) is 1.83. The van der Waals surface area contributed by atoms with Crippen molar-refractivity contribution in [2.45, 2.75) is 19.5 Å². The second-order valence-electron chi connectivity index (χ2n) is 5.16. The molecule has 0 saturated carbocycles. The number of hydrogen-bond acceptors (Lipinski definition) is 6. The molecule has 23 heavy (non-hydrogen) atoms. The van der Waals surface area contributed by atoms with E-state index in [-0.39, 0.29) is 0 Å². The molecule has 7 nitrogen and oxygen atoms in total. The van der Waals surface area contributed by atoms with Crippen molar-refractivity contribution in [2.75, 3.05) is 17.2 Å². The first-order valence-corrected chi connectivity index (χ1v) is 7.42. The van der Waals surface area contributed by atoms with Gasteiger partial charge in [-0.2, -0.15) is 0 Å². The highest BCUT2D eigenvalue weighted by Crippen LogP contribution is 2.15. The van der Waals surface area contributed by atoms with Crippen LogP contribution >= 0.6 is 0 Å². The summed E-state index contributed by atoms with van der Waals surface area (Å²) < 4.78 is 1.96. The lowest BCUT2D eigenvalue weighted by Crippen LogP contribution is -2.37. The number of nitrogens with one attached hydrogen (secondary N) is 2. The molecule has 0 aliphatic heterocycles. The van der Waals surface area contributed by atoms with E-state index in [2.05, 4.69) is 20.6 Å². The lowest BCUT2D eigenvalue weighted by Gasteiger charge is -2.14. The quantitative estimate of drug-likeness (QED) is 0.476. The van der Waals surface area contributed by atoms with Crippen molar-refractivity contribution in [3.8, 4) is 0 Å². The lowest BCUT2D eigenvalue weighted by molar-refractivity contribution is 0.660. The van der Waals surface area contributed by atoms with E-state index in [0.29, 0.717) is 24.5 Å². The maximum absolute atomic E-state index is 11.7. The van der Waals surface area contributed by atoms with Crippen molar-refractivity contribution in [3.63, 3.8) is 0 Å². The molecule has 2 heterocycles. The Labute approximate surface area is 132 Å². The molecule has 0 atom stereocenters. The first-order chi connectivity index (χ1) is 11.3. The topological polar surface area (TPSA) is 88.9 Å². The van der Waals surface area contributed by atoms with Gasteiger partial charge in [0.15, 0.2) is 0 Å². The van der Waals surface area contributed by atoms with Gasteiger partial charge < -0.3 is 15.2 Å². The summed E-state index contributed by atoms with van der Waals surface area (Å²) in [7, 11) is 0. The summed E-state index contributed by atoms with van der Waals surface area (Å²) in [5.74, 6) is 0. The summed E-state index contributed by atoms with van der Waals surface area (Å²) in [4.78, 5) is 31.5. The maximum atomic E-state index is 11.7. The standard InChI is InChI=1S/C16H17N5O2/c22-15-13(19-6-3-8-21-9-7-17-11-21)14(16(15)23)20-10-12-4-1-2-5-18-12/h1-2,4-5,7,9,11,19-20H,3,6,8,10H2. The first-order valence-electron chi connectivity index (χ1n) is 7.42. The Morgan fingerprint density at radius 2 is 1.87 bits per heavy atom. The molecule has 2 N–H and O–H groups in total. The molecule has 0 radical (unpaired) electrons. The predicted octanol–water partition coefficient (Wildman–Crippen LogP) is 0.988. The molecule has 0 aliphatic rings. The van der Waals surface area contributed by atoms with E-state index >= 15 is 0 Å². The molecule has 0 bridgehead atoms. The predicted molar refractivity (Wildman–Crippen MR) is 88.3 cm³/mol. The number of rotatable bonds is 8. The van der Waals surface area contributed by atoms with Gasteiger partial charge in [0.2, 0.25) is 0 Å². The van der Waals surface area contributed by atoms with Crippen molar-refractivity contribution in [1.82, 2.24) is 14.5 Å². The van der Waals surface area contributed by atoms with Gasteiger partial charge in [0.1, 0.15) is 11.4 Å². The average molecular weight is 311 g/mol. The molecule has 0 saturated heterocycles. The second kappa shape index (κ2) is 6.87. The summed E-state index contributed by atoms with van der Waals surface area (Å²) in [5.41, 5.74) is 0.598. The Hall–Kier alpha value is -2.96. The molecule has 7 heteroatoms. The molecule has 0 unspecified atom stereocenters. The van der Waals surface area contributed by atoms with Crippen molar-refractivity contribution in [1.29, 1.82) is 0 Å².